The summed E-state index contributed by atoms with van der Waals surface area (Å²) in [5.74, 6) is -0.161. The van der Waals surface area contributed by atoms with Crippen molar-refractivity contribution in [3.8, 4) is 0 Å². The highest BCUT2D eigenvalue weighted by Crippen LogP contribution is 2.31. The Balaban J connectivity index is 1.74. The van der Waals surface area contributed by atoms with E-state index in [0.29, 0.717) is 22.8 Å². The zero-order valence-corrected chi connectivity index (χ0v) is 17.1. The van der Waals surface area contributed by atoms with Gasteiger partial charge in [-0.25, -0.2) is 4.98 Å². The standard InChI is InChI=1S/C24H20N2O2S/c1-16-8-13-21-22(14-16)29-24(25-21)26(15-18-6-4-3-5-7-18)23(28)20-11-9-19(10-12-20)17(2)27/h3-14H,15H2,1-2H3. The molecule has 4 aromatic rings. The summed E-state index contributed by atoms with van der Waals surface area (Å²) in [7, 11) is 0. The van der Waals surface area contributed by atoms with Crippen LogP contribution in [-0.4, -0.2) is 16.7 Å². The number of nitrogens with zero attached hydrogens (tertiary/aromatic N) is 2. The van der Waals surface area contributed by atoms with Gasteiger partial charge in [0.05, 0.1) is 16.8 Å². The zero-order chi connectivity index (χ0) is 20.4. The van der Waals surface area contributed by atoms with Crippen molar-refractivity contribution in [3.63, 3.8) is 0 Å². The first-order chi connectivity index (χ1) is 14.0. The molecule has 29 heavy (non-hydrogen) atoms. The highest BCUT2D eigenvalue weighted by molar-refractivity contribution is 7.22. The summed E-state index contributed by atoms with van der Waals surface area (Å²) in [6.07, 6.45) is 0. The third-order valence-corrected chi connectivity index (χ3v) is 5.77. The predicted molar refractivity (Wildman–Crippen MR) is 118 cm³/mol. The first-order valence-corrected chi connectivity index (χ1v) is 10.2. The fraction of sp³-hybridized carbons (Fsp3) is 0.125. The molecule has 0 spiro atoms. The van der Waals surface area contributed by atoms with Gasteiger partial charge in [0.25, 0.3) is 5.91 Å². The Labute approximate surface area is 173 Å². The van der Waals surface area contributed by atoms with E-state index < -0.39 is 0 Å². The van der Waals surface area contributed by atoms with Gasteiger partial charge in [-0.15, -0.1) is 0 Å². The summed E-state index contributed by atoms with van der Waals surface area (Å²) in [5.41, 5.74) is 4.19. The minimum Gasteiger partial charge on any atom is -0.295 e. The van der Waals surface area contributed by atoms with Crippen LogP contribution in [0.4, 0.5) is 5.13 Å². The van der Waals surface area contributed by atoms with Crippen LogP contribution >= 0.6 is 11.3 Å². The van der Waals surface area contributed by atoms with Crippen molar-refractivity contribution < 1.29 is 9.59 Å². The summed E-state index contributed by atoms with van der Waals surface area (Å²) in [4.78, 5) is 31.3. The molecule has 0 atom stereocenters. The lowest BCUT2D eigenvalue weighted by atomic mass is 10.1. The molecule has 5 heteroatoms. The molecule has 0 fully saturated rings. The number of fused-ring (bicyclic) bond motifs is 1. The van der Waals surface area contributed by atoms with Crippen LogP contribution in [0.5, 0.6) is 0 Å². The molecule has 0 aliphatic rings. The van der Waals surface area contributed by atoms with E-state index in [4.69, 9.17) is 4.98 Å². The molecule has 0 saturated carbocycles. The van der Waals surface area contributed by atoms with Gasteiger partial charge < -0.3 is 0 Å². The van der Waals surface area contributed by atoms with E-state index in [-0.39, 0.29) is 11.7 Å². The lowest BCUT2D eigenvalue weighted by Gasteiger charge is -2.20. The molecule has 0 N–H and O–H groups in total. The van der Waals surface area contributed by atoms with Crippen LogP contribution in [0.3, 0.4) is 0 Å². The van der Waals surface area contributed by atoms with E-state index in [1.54, 1.807) is 29.2 Å². The zero-order valence-electron chi connectivity index (χ0n) is 16.3. The lowest BCUT2D eigenvalue weighted by molar-refractivity contribution is 0.0981. The van der Waals surface area contributed by atoms with Crippen LogP contribution in [0.2, 0.25) is 0 Å². The van der Waals surface area contributed by atoms with Crippen LogP contribution in [0.25, 0.3) is 10.2 Å². The van der Waals surface area contributed by atoms with Gasteiger partial charge >= 0.3 is 0 Å². The highest BCUT2D eigenvalue weighted by Gasteiger charge is 2.22. The molecule has 0 aliphatic carbocycles. The van der Waals surface area contributed by atoms with Crippen molar-refractivity contribution in [2.75, 3.05) is 4.90 Å². The second-order valence-corrected chi connectivity index (χ2v) is 7.99. The average molecular weight is 401 g/mol. The summed E-state index contributed by atoms with van der Waals surface area (Å²) in [6.45, 7) is 3.98. The Bertz CT molecular complexity index is 1180. The Morgan fingerprint density at radius 1 is 0.931 bits per heavy atom. The molecule has 4 rings (SSSR count). The number of rotatable bonds is 5. The summed E-state index contributed by atoms with van der Waals surface area (Å²) in [6, 6.07) is 22.8. The monoisotopic (exact) mass is 400 g/mol. The summed E-state index contributed by atoms with van der Waals surface area (Å²) in [5, 5.41) is 0.662. The quantitative estimate of drug-likeness (QED) is 0.407. The Morgan fingerprint density at radius 3 is 2.31 bits per heavy atom. The molecule has 1 heterocycles. The van der Waals surface area contributed by atoms with E-state index in [0.717, 1.165) is 21.3 Å². The van der Waals surface area contributed by atoms with Crippen molar-refractivity contribution in [1.82, 2.24) is 4.98 Å². The van der Waals surface area contributed by atoms with Crippen LogP contribution in [-0.2, 0) is 6.54 Å². The maximum atomic E-state index is 13.4. The normalized spacial score (nSPS) is 10.8. The number of aromatic nitrogens is 1. The minimum absolute atomic E-state index is 0.0216. The van der Waals surface area contributed by atoms with Crippen LogP contribution in [0.1, 0.15) is 38.8 Å². The first kappa shape index (κ1) is 19.0. The molecule has 1 amide bonds. The first-order valence-electron chi connectivity index (χ1n) is 9.35. The van der Waals surface area contributed by atoms with E-state index in [2.05, 4.69) is 6.07 Å². The fourth-order valence-electron chi connectivity index (χ4n) is 3.13. The Kier molecular flexibility index (Phi) is 5.23. The smallest absolute Gasteiger partial charge is 0.260 e. The number of aryl methyl sites for hydroxylation is 1. The molecule has 3 aromatic carbocycles. The number of ketones is 1. The average Bonchev–Trinajstić information content (AvgIpc) is 3.15. The van der Waals surface area contributed by atoms with Gasteiger partial charge in [0, 0.05) is 11.1 Å². The summed E-state index contributed by atoms with van der Waals surface area (Å²) < 4.78 is 1.05. The Morgan fingerprint density at radius 2 is 1.62 bits per heavy atom. The predicted octanol–water partition coefficient (Wildman–Crippen LogP) is 5.65. The van der Waals surface area contributed by atoms with Gasteiger partial charge in [0.2, 0.25) is 0 Å². The number of anilines is 1. The number of hydrogen-bond donors (Lipinski definition) is 0. The number of carbonyl (C=O) groups is 2. The third kappa shape index (κ3) is 4.10. The van der Waals surface area contributed by atoms with Crippen molar-refractivity contribution in [2.45, 2.75) is 20.4 Å². The van der Waals surface area contributed by atoms with E-state index >= 15 is 0 Å². The van der Waals surface area contributed by atoms with E-state index in [1.165, 1.54) is 18.3 Å². The minimum atomic E-state index is -0.139. The maximum absolute atomic E-state index is 13.4. The molecular formula is C24H20N2O2S. The molecule has 4 nitrogen and oxygen atoms in total. The summed E-state index contributed by atoms with van der Waals surface area (Å²) >= 11 is 1.51. The second-order valence-electron chi connectivity index (χ2n) is 6.98. The molecule has 0 radical (unpaired) electrons. The van der Waals surface area contributed by atoms with Crippen molar-refractivity contribution in [2.24, 2.45) is 0 Å². The number of carbonyl (C=O) groups excluding carboxylic acids is 2. The van der Waals surface area contributed by atoms with Crippen LogP contribution < -0.4 is 4.90 Å². The molecular weight excluding hydrogens is 380 g/mol. The molecule has 0 unspecified atom stereocenters. The van der Waals surface area contributed by atoms with Gasteiger partial charge in [0.15, 0.2) is 10.9 Å². The molecule has 0 bridgehead atoms. The number of amides is 1. The van der Waals surface area contributed by atoms with Gasteiger partial charge in [-0.3, -0.25) is 14.5 Å². The maximum Gasteiger partial charge on any atom is 0.260 e. The topological polar surface area (TPSA) is 50.3 Å². The number of Topliss-reactive ketones (excluding diaryl/α,β-unsaturated/α-hetero) is 1. The van der Waals surface area contributed by atoms with Crippen LogP contribution in [0.15, 0.2) is 72.8 Å². The number of benzene rings is 3. The fourth-order valence-corrected chi connectivity index (χ4v) is 4.19. The number of thiazole rings is 1. The van der Waals surface area contributed by atoms with E-state index in [1.807, 2.05) is 49.4 Å². The van der Waals surface area contributed by atoms with Crippen molar-refractivity contribution in [1.29, 1.82) is 0 Å². The molecule has 144 valence electrons. The largest absolute Gasteiger partial charge is 0.295 e. The third-order valence-electron chi connectivity index (χ3n) is 4.73. The molecule has 0 aliphatic heterocycles. The van der Waals surface area contributed by atoms with Gasteiger partial charge in [-0.2, -0.15) is 0 Å². The van der Waals surface area contributed by atoms with E-state index in [9.17, 15) is 9.59 Å². The van der Waals surface area contributed by atoms with Gasteiger partial charge in [-0.05, 0) is 49.2 Å². The molecule has 1 aromatic heterocycles. The lowest BCUT2D eigenvalue weighted by Crippen LogP contribution is -2.30. The second kappa shape index (κ2) is 7.97. The molecule has 0 saturated heterocycles. The Hall–Kier alpha value is -3.31. The van der Waals surface area contributed by atoms with Gasteiger partial charge in [0.1, 0.15) is 0 Å². The van der Waals surface area contributed by atoms with Gasteiger partial charge in [-0.1, -0.05) is 59.9 Å². The van der Waals surface area contributed by atoms with Crippen molar-refractivity contribution >= 4 is 38.4 Å². The highest BCUT2D eigenvalue weighted by atomic mass is 32.1. The number of hydrogen-bond acceptors (Lipinski definition) is 4. The van der Waals surface area contributed by atoms with Crippen LogP contribution in [0, 0.1) is 6.92 Å². The van der Waals surface area contributed by atoms with Crippen molar-refractivity contribution in [3.05, 3.63) is 95.1 Å². The SMILES string of the molecule is CC(=O)c1ccc(C(=O)N(Cc2ccccc2)c2nc3ccc(C)cc3s2)cc1.